The molecule has 4 aromatic rings. The second-order valence-corrected chi connectivity index (χ2v) is 9.32. The fraction of sp³-hybridized carbons (Fsp3) is 0.125. The van der Waals surface area contributed by atoms with E-state index in [9.17, 15) is 13.2 Å². The first-order valence-electron chi connectivity index (χ1n) is 9.76. The summed E-state index contributed by atoms with van der Waals surface area (Å²) in [5.41, 5.74) is 2.79. The lowest BCUT2D eigenvalue weighted by atomic mass is 10.1. The summed E-state index contributed by atoms with van der Waals surface area (Å²) < 4.78 is 32.7. The molecule has 0 radical (unpaired) electrons. The Morgan fingerprint density at radius 1 is 0.935 bits per heavy atom. The number of benzene rings is 3. The Hall–Kier alpha value is -3.42. The van der Waals surface area contributed by atoms with E-state index in [1.165, 1.54) is 16.4 Å². The van der Waals surface area contributed by atoms with Gasteiger partial charge in [0.2, 0.25) is 10.0 Å². The third-order valence-corrected chi connectivity index (χ3v) is 6.94. The first-order valence-corrected chi connectivity index (χ1v) is 11.2. The van der Waals surface area contributed by atoms with Crippen LogP contribution in [0, 0.1) is 6.92 Å². The van der Waals surface area contributed by atoms with Gasteiger partial charge in [-0.1, -0.05) is 48.5 Å². The minimum Gasteiger partial charge on any atom is -0.451 e. The van der Waals surface area contributed by atoms with Crippen molar-refractivity contribution < 1.29 is 17.6 Å². The maximum Gasteiger partial charge on any atom is 0.291 e. The predicted molar refractivity (Wildman–Crippen MR) is 120 cm³/mol. The van der Waals surface area contributed by atoms with Crippen molar-refractivity contribution >= 4 is 32.6 Å². The molecule has 0 saturated heterocycles. The van der Waals surface area contributed by atoms with Crippen LogP contribution in [-0.4, -0.2) is 25.7 Å². The molecule has 31 heavy (non-hydrogen) atoms. The number of nitrogens with one attached hydrogen (secondary N) is 1. The second kappa shape index (κ2) is 8.37. The lowest BCUT2D eigenvalue weighted by molar-refractivity contribution is 0.0998. The van der Waals surface area contributed by atoms with Gasteiger partial charge >= 0.3 is 0 Å². The summed E-state index contributed by atoms with van der Waals surface area (Å²) in [6.07, 6.45) is 0. The molecule has 7 heteroatoms. The summed E-state index contributed by atoms with van der Waals surface area (Å²) in [5, 5.41) is 3.65. The quantitative estimate of drug-likeness (QED) is 0.472. The highest BCUT2D eigenvalue weighted by molar-refractivity contribution is 7.89. The Morgan fingerprint density at radius 2 is 1.58 bits per heavy atom. The van der Waals surface area contributed by atoms with Gasteiger partial charge in [-0.15, -0.1) is 0 Å². The molecule has 1 N–H and O–H groups in total. The molecular formula is C24H22N2O4S. The van der Waals surface area contributed by atoms with Crippen LogP contribution < -0.4 is 5.32 Å². The van der Waals surface area contributed by atoms with Gasteiger partial charge in [0.15, 0.2) is 5.76 Å². The number of amides is 1. The first-order chi connectivity index (χ1) is 14.9. The number of anilines is 1. The van der Waals surface area contributed by atoms with E-state index in [0.717, 1.165) is 16.5 Å². The molecule has 0 bridgehead atoms. The average Bonchev–Trinajstić information content (AvgIpc) is 3.12. The number of hydrogen-bond donors (Lipinski definition) is 1. The fourth-order valence-corrected chi connectivity index (χ4v) is 4.55. The summed E-state index contributed by atoms with van der Waals surface area (Å²) in [4.78, 5) is 12.8. The van der Waals surface area contributed by atoms with Crippen LogP contribution in [0.3, 0.4) is 0 Å². The number of sulfonamides is 1. The highest BCUT2D eigenvalue weighted by Gasteiger charge is 2.22. The fourth-order valence-electron chi connectivity index (χ4n) is 3.39. The van der Waals surface area contributed by atoms with Gasteiger partial charge in [0.05, 0.1) is 4.90 Å². The van der Waals surface area contributed by atoms with E-state index in [2.05, 4.69) is 5.32 Å². The summed E-state index contributed by atoms with van der Waals surface area (Å²) in [6.45, 7) is 2.10. The number of para-hydroxylation sites is 1. The lowest BCUT2D eigenvalue weighted by Crippen LogP contribution is -2.26. The van der Waals surface area contributed by atoms with Crippen LogP contribution in [0.5, 0.6) is 0 Å². The molecule has 3 aromatic carbocycles. The molecule has 0 unspecified atom stereocenters. The largest absolute Gasteiger partial charge is 0.451 e. The Labute approximate surface area is 181 Å². The number of fused-ring (bicyclic) bond motifs is 1. The van der Waals surface area contributed by atoms with E-state index in [0.29, 0.717) is 11.3 Å². The minimum absolute atomic E-state index is 0.156. The number of rotatable bonds is 6. The zero-order valence-corrected chi connectivity index (χ0v) is 18.0. The van der Waals surface area contributed by atoms with Gasteiger partial charge in [-0.2, -0.15) is 4.31 Å². The monoisotopic (exact) mass is 434 g/mol. The molecule has 0 fully saturated rings. The van der Waals surface area contributed by atoms with Gasteiger partial charge in [0, 0.05) is 30.2 Å². The molecule has 0 aliphatic heterocycles. The summed E-state index contributed by atoms with van der Waals surface area (Å²) >= 11 is 0. The van der Waals surface area contributed by atoms with E-state index in [1.807, 2.05) is 61.5 Å². The number of aryl methyl sites for hydroxylation is 1. The molecular weight excluding hydrogens is 412 g/mol. The highest BCUT2D eigenvalue weighted by atomic mass is 32.2. The zero-order chi connectivity index (χ0) is 22.0. The first kappa shape index (κ1) is 20.8. The predicted octanol–water partition coefficient (Wildman–Crippen LogP) is 4.81. The van der Waals surface area contributed by atoms with Gasteiger partial charge in [0.25, 0.3) is 5.91 Å². The van der Waals surface area contributed by atoms with Crippen molar-refractivity contribution in [3.63, 3.8) is 0 Å². The van der Waals surface area contributed by atoms with Crippen LogP contribution in [0.1, 0.15) is 21.7 Å². The molecule has 0 saturated carbocycles. The number of hydrogen-bond acceptors (Lipinski definition) is 4. The maximum absolute atomic E-state index is 12.9. The number of carbonyl (C=O) groups is 1. The molecule has 0 aliphatic carbocycles. The van der Waals surface area contributed by atoms with Crippen molar-refractivity contribution in [3.8, 4) is 0 Å². The molecule has 158 valence electrons. The third-order valence-electron chi connectivity index (χ3n) is 5.12. The molecule has 0 aliphatic rings. The van der Waals surface area contributed by atoms with Gasteiger partial charge in [0.1, 0.15) is 5.58 Å². The summed E-state index contributed by atoms with van der Waals surface area (Å²) in [6, 6.07) is 22.9. The van der Waals surface area contributed by atoms with Crippen molar-refractivity contribution in [2.45, 2.75) is 18.4 Å². The van der Waals surface area contributed by atoms with Crippen LogP contribution in [-0.2, 0) is 16.6 Å². The standard InChI is InChI=1S/C24H22N2O4S/c1-17-21-10-6-7-11-22(21)30-23(17)24(27)25-19-12-14-20(15-13-19)31(28,29)26(2)16-18-8-4-3-5-9-18/h3-15H,16H2,1-2H3,(H,25,27). The van der Waals surface area contributed by atoms with E-state index >= 15 is 0 Å². The Balaban J connectivity index is 1.49. The zero-order valence-electron chi connectivity index (χ0n) is 17.2. The lowest BCUT2D eigenvalue weighted by Gasteiger charge is -2.17. The second-order valence-electron chi connectivity index (χ2n) is 7.28. The highest BCUT2D eigenvalue weighted by Crippen LogP contribution is 2.26. The normalized spacial score (nSPS) is 11.7. The Bertz CT molecular complexity index is 1330. The SMILES string of the molecule is Cc1c(C(=O)Nc2ccc(S(=O)(=O)N(C)Cc3ccccc3)cc2)oc2ccccc12. The van der Waals surface area contributed by atoms with Crippen LogP contribution in [0.15, 0.2) is 88.2 Å². The molecule has 1 heterocycles. The van der Waals surface area contributed by atoms with Crippen molar-refractivity contribution in [3.05, 3.63) is 95.7 Å². The summed E-state index contributed by atoms with van der Waals surface area (Å²) in [5.74, 6) is -0.147. The smallest absolute Gasteiger partial charge is 0.291 e. The Kier molecular flexibility index (Phi) is 5.63. The van der Waals surface area contributed by atoms with Crippen molar-refractivity contribution in [1.82, 2.24) is 4.31 Å². The molecule has 6 nitrogen and oxygen atoms in total. The van der Waals surface area contributed by atoms with Gasteiger partial charge in [-0.25, -0.2) is 8.42 Å². The van der Waals surface area contributed by atoms with E-state index in [1.54, 1.807) is 19.2 Å². The van der Waals surface area contributed by atoms with Gasteiger partial charge < -0.3 is 9.73 Å². The average molecular weight is 435 g/mol. The van der Waals surface area contributed by atoms with E-state index < -0.39 is 10.0 Å². The topological polar surface area (TPSA) is 79.6 Å². The Morgan fingerprint density at radius 3 is 2.26 bits per heavy atom. The number of carbonyl (C=O) groups excluding carboxylic acids is 1. The van der Waals surface area contributed by atoms with E-state index in [-0.39, 0.29) is 23.1 Å². The van der Waals surface area contributed by atoms with Crippen LogP contribution in [0.2, 0.25) is 0 Å². The van der Waals surface area contributed by atoms with Crippen LogP contribution in [0.4, 0.5) is 5.69 Å². The summed E-state index contributed by atoms with van der Waals surface area (Å²) in [7, 11) is -2.11. The van der Waals surface area contributed by atoms with Crippen LogP contribution >= 0.6 is 0 Å². The van der Waals surface area contributed by atoms with Gasteiger partial charge in [-0.3, -0.25) is 4.79 Å². The number of furan rings is 1. The number of nitrogens with zero attached hydrogens (tertiary/aromatic N) is 1. The van der Waals surface area contributed by atoms with Crippen molar-refractivity contribution in [2.24, 2.45) is 0 Å². The molecule has 4 rings (SSSR count). The third kappa shape index (κ3) is 4.23. The van der Waals surface area contributed by atoms with Crippen molar-refractivity contribution in [1.29, 1.82) is 0 Å². The molecule has 1 aromatic heterocycles. The van der Waals surface area contributed by atoms with E-state index in [4.69, 9.17) is 4.42 Å². The van der Waals surface area contributed by atoms with Crippen LogP contribution in [0.25, 0.3) is 11.0 Å². The minimum atomic E-state index is -3.66. The molecule has 0 spiro atoms. The maximum atomic E-state index is 12.9. The molecule has 1 amide bonds. The van der Waals surface area contributed by atoms with Crippen molar-refractivity contribution in [2.75, 3.05) is 12.4 Å². The van der Waals surface area contributed by atoms with Gasteiger partial charge in [-0.05, 0) is 42.8 Å². The molecule has 0 atom stereocenters.